The molecule has 0 spiro atoms. The average Bonchev–Trinajstić information content (AvgIpc) is 3.33. The second-order valence-electron chi connectivity index (χ2n) is 9.32. The van der Waals surface area contributed by atoms with Gasteiger partial charge in [-0.1, -0.05) is 42.6 Å². The number of anilines is 1. The number of hydrogen-bond acceptors (Lipinski definition) is 6. The first kappa shape index (κ1) is 28.4. The van der Waals surface area contributed by atoms with Gasteiger partial charge in [-0.25, -0.2) is 8.42 Å². The van der Waals surface area contributed by atoms with E-state index < -0.39 is 33.4 Å². The molecular formula is C25H31ClN4O6S. The van der Waals surface area contributed by atoms with Crippen molar-refractivity contribution in [3.63, 3.8) is 0 Å². The minimum Gasteiger partial charge on any atom is -0.352 e. The highest BCUT2D eigenvalue weighted by molar-refractivity contribution is 7.92. The van der Waals surface area contributed by atoms with Crippen LogP contribution in [0.1, 0.15) is 43.7 Å². The van der Waals surface area contributed by atoms with E-state index in [1.165, 1.54) is 17.0 Å². The van der Waals surface area contributed by atoms with Gasteiger partial charge in [0.1, 0.15) is 12.6 Å². The maximum absolute atomic E-state index is 13.6. The fraction of sp³-hybridized carbons (Fsp3) is 0.440. The van der Waals surface area contributed by atoms with E-state index >= 15 is 0 Å². The molecule has 10 nitrogen and oxygen atoms in total. The van der Waals surface area contributed by atoms with Crippen LogP contribution in [0.15, 0.2) is 42.5 Å². The molecule has 200 valence electrons. The number of benzene rings is 2. The van der Waals surface area contributed by atoms with Crippen molar-refractivity contribution in [2.24, 2.45) is 0 Å². The number of nitrogens with one attached hydrogen (secondary N) is 1. The highest BCUT2D eigenvalue weighted by Gasteiger charge is 2.32. The summed E-state index contributed by atoms with van der Waals surface area (Å²) in [4.78, 5) is 38.7. The van der Waals surface area contributed by atoms with E-state index in [0.717, 1.165) is 42.3 Å². The van der Waals surface area contributed by atoms with Crippen LogP contribution >= 0.6 is 11.6 Å². The van der Waals surface area contributed by atoms with Crippen molar-refractivity contribution < 1.29 is 22.9 Å². The van der Waals surface area contributed by atoms with Crippen molar-refractivity contribution in [3.05, 3.63) is 68.7 Å². The van der Waals surface area contributed by atoms with E-state index in [9.17, 15) is 28.1 Å². The van der Waals surface area contributed by atoms with E-state index in [1.807, 2.05) is 0 Å². The van der Waals surface area contributed by atoms with Crippen molar-refractivity contribution in [3.8, 4) is 0 Å². The summed E-state index contributed by atoms with van der Waals surface area (Å²) in [5.41, 5.74) is 0.827. The molecule has 2 amide bonds. The number of sulfonamides is 1. The fourth-order valence-electron chi connectivity index (χ4n) is 4.38. The van der Waals surface area contributed by atoms with Gasteiger partial charge in [0.15, 0.2) is 0 Å². The number of hydrogen-bond donors (Lipinski definition) is 1. The molecule has 3 rings (SSSR count). The Hall–Kier alpha value is -3.18. The standard InChI is InChI=1S/C25H31ClN4O6S/c1-17-11-12-22(30(33)34)14-23(17)29(37(3,35)36)16-24(31)28(15-19-7-6-8-20(26)13-19)18(2)25(32)27-21-9-4-5-10-21/h6-8,11-14,18,21H,4-5,9-10,15-16H2,1-3H3,(H,27,32)/t18-/m0/s1. The van der Waals surface area contributed by atoms with Crippen LogP contribution in [0.5, 0.6) is 0 Å². The summed E-state index contributed by atoms with van der Waals surface area (Å²) in [5.74, 6) is -0.968. The molecule has 0 saturated heterocycles. The first-order valence-corrected chi connectivity index (χ1v) is 14.2. The number of non-ortho nitro benzene ring substituents is 1. The van der Waals surface area contributed by atoms with Crippen molar-refractivity contribution >= 4 is 44.8 Å². The number of carbonyl (C=O) groups excluding carboxylic acids is 2. The van der Waals surface area contributed by atoms with Crippen LogP contribution < -0.4 is 9.62 Å². The average molecular weight is 551 g/mol. The van der Waals surface area contributed by atoms with Crippen molar-refractivity contribution in [2.45, 2.75) is 58.2 Å². The molecule has 0 unspecified atom stereocenters. The van der Waals surface area contributed by atoms with E-state index in [4.69, 9.17) is 11.6 Å². The zero-order chi connectivity index (χ0) is 27.3. The summed E-state index contributed by atoms with van der Waals surface area (Å²) in [6.07, 6.45) is 4.71. The molecular weight excluding hydrogens is 520 g/mol. The number of nitro benzene ring substituents is 1. The molecule has 0 radical (unpaired) electrons. The molecule has 1 saturated carbocycles. The molecule has 1 atom stereocenters. The van der Waals surface area contributed by atoms with Crippen molar-refractivity contribution in [1.82, 2.24) is 10.2 Å². The van der Waals surface area contributed by atoms with Gasteiger partial charge in [-0.3, -0.25) is 24.0 Å². The molecule has 0 bridgehead atoms. The molecule has 2 aromatic carbocycles. The lowest BCUT2D eigenvalue weighted by molar-refractivity contribution is -0.384. The van der Waals surface area contributed by atoms with Crippen LogP contribution in [0, 0.1) is 17.0 Å². The number of amides is 2. The largest absolute Gasteiger partial charge is 0.352 e. The molecule has 1 aliphatic carbocycles. The summed E-state index contributed by atoms with van der Waals surface area (Å²) in [7, 11) is -4.01. The number of aryl methyl sites for hydroxylation is 1. The minimum absolute atomic E-state index is 0.0180. The van der Waals surface area contributed by atoms with E-state index in [1.54, 1.807) is 38.1 Å². The molecule has 1 fully saturated rings. The Morgan fingerprint density at radius 2 is 1.86 bits per heavy atom. The Morgan fingerprint density at radius 1 is 1.19 bits per heavy atom. The number of nitro groups is 1. The summed E-state index contributed by atoms with van der Waals surface area (Å²) >= 11 is 6.12. The second kappa shape index (κ2) is 11.9. The highest BCUT2D eigenvalue weighted by Crippen LogP contribution is 2.28. The normalized spacial score (nSPS) is 14.7. The summed E-state index contributed by atoms with van der Waals surface area (Å²) in [6.45, 7) is 2.58. The molecule has 2 aromatic rings. The quantitative estimate of drug-likeness (QED) is 0.354. The number of halogens is 1. The van der Waals surface area contributed by atoms with Gasteiger partial charge in [-0.05, 0) is 49.9 Å². The van der Waals surface area contributed by atoms with Gasteiger partial charge in [0.05, 0.1) is 16.9 Å². The predicted molar refractivity (Wildman–Crippen MR) is 142 cm³/mol. The third kappa shape index (κ3) is 7.42. The van der Waals surface area contributed by atoms with Crippen molar-refractivity contribution in [1.29, 1.82) is 0 Å². The van der Waals surface area contributed by atoms with Gasteiger partial charge in [-0.15, -0.1) is 0 Å². The fourth-order valence-corrected chi connectivity index (χ4v) is 5.49. The number of nitrogens with zero attached hydrogens (tertiary/aromatic N) is 3. The van der Waals surface area contributed by atoms with Gasteiger partial charge < -0.3 is 10.2 Å². The molecule has 0 aromatic heterocycles. The Kier molecular flexibility index (Phi) is 9.14. The molecule has 1 N–H and O–H groups in total. The van der Waals surface area contributed by atoms with Crippen LogP contribution in [0.4, 0.5) is 11.4 Å². The number of carbonyl (C=O) groups is 2. The van der Waals surface area contributed by atoms with E-state index in [0.29, 0.717) is 16.1 Å². The topological polar surface area (TPSA) is 130 Å². The van der Waals surface area contributed by atoms with Crippen molar-refractivity contribution in [2.75, 3.05) is 17.1 Å². The second-order valence-corrected chi connectivity index (χ2v) is 11.7. The zero-order valence-electron chi connectivity index (χ0n) is 21.0. The van der Waals surface area contributed by atoms with E-state index in [2.05, 4.69) is 5.32 Å². The van der Waals surface area contributed by atoms with Crippen LogP contribution in [-0.2, 0) is 26.2 Å². The lowest BCUT2D eigenvalue weighted by Gasteiger charge is -2.32. The predicted octanol–water partition coefficient (Wildman–Crippen LogP) is 3.80. The Labute approximate surface area is 221 Å². The molecule has 1 aliphatic rings. The Balaban J connectivity index is 1.94. The van der Waals surface area contributed by atoms with Gasteiger partial charge in [0.2, 0.25) is 21.8 Å². The van der Waals surface area contributed by atoms with Gasteiger partial charge in [-0.2, -0.15) is 0 Å². The number of rotatable bonds is 10. The maximum Gasteiger partial charge on any atom is 0.271 e. The van der Waals surface area contributed by atoms with Crippen LogP contribution in [0.25, 0.3) is 0 Å². The minimum atomic E-state index is -4.01. The zero-order valence-corrected chi connectivity index (χ0v) is 22.6. The van der Waals surface area contributed by atoms with Crippen LogP contribution in [-0.4, -0.2) is 54.9 Å². The highest BCUT2D eigenvalue weighted by atomic mass is 35.5. The molecule has 37 heavy (non-hydrogen) atoms. The van der Waals surface area contributed by atoms with Gasteiger partial charge in [0, 0.05) is 29.7 Å². The summed E-state index contributed by atoms with van der Waals surface area (Å²) in [6, 6.07) is 9.79. The Morgan fingerprint density at radius 3 is 2.46 bits per heavy atom. The lowest BCUT2D eigenvalue weighted by atomic mass is 10.1. The first-order valence-electron chi connectivity index (χ1n) is 11.9. The molecule has 0 aliphatic heterocycles. The summed E-state index contributed by atoms with van der Waals surface area (Å²) in [5, 5.41) is 14.8. The smallest absolute Gasteiger partial charge is 0.271 e. The lowest BCUT2D eigenvalue weighted by Crippen LogP contribution is -2.52. The van der Waals surface area contributed by atoms with Gasteiger partial charge in [0.25, 0.3) is 5.69 Å². The monoisotopic (exact) mass is 550 g/mol. The molecule has 0 heterocycles. The summed E-state index contributed by atoms with van der Waals surface area (Å²) < 4.78 is 26.3. The first-order chi connectivity index (χ1) is 17.4. The maximum atomic E-state index is 13.6. The SMILES string of the molecule is Cc1ccc([N+](=O)[O-])cc1N(CC(=O)N(Cc1cccc(Cl)c1)[C@@H](C)C(=O)NC1CCCC1)S(C)(=O)=O. The van der Waals surface area contributed by atoms with Crippen LogP contribution in [0.3, 0.4) is 0 Å². The third-order valence-corrected chi connectivity index (χ3v) is 7.82. The van der Waals surface area contributed by atoms with Crippen LogP contribution in [0.2, 0.25) is 5.02 Å². The third-order valence-electron chi connectivity index (χ3n) is 6.46. The Bertz CT molecular complexity index is 1280. The van der Waals surface area contributed by atoms with E-state index in [-0.39, 0.29) is 29.9 Å². The van der Waals surface area contributed by atoms with Gasteiger partial charge >= 0.3 is 0 Å². The molecule has 12 heteroatoms.